The monoisotopic (exact) mass is 374 g/mol. The van der Waals surface area contributed by atoms with Gasteiger partial charge < -0.3 is 0 Å². The second-order valence-electron chi connectivity index (χ2n) is 7.46. The summed E-state index contributed by atoms with van der Waals surface area (Å²) in [6.07, 6.45) is 4.05. The summed E-state index contributed by atoms with van der Waals surface area (Å²) in [5.74, 6) is 0.218. The molecule has 0 saturated carbocycles. The van der Waals surface area contributed by atoms with Gasteiger partial charge in [0.15, 0.2) is 0 Å². The second-order valence-corrected chi connectivity index (χ2v) is 7.46. The number of nitrogens with zero attached hydrogens (tertiary/aromatic N) is 4. The van der Waals surface area contributed by atoms with Gasteiger partial charge in [-0.1, -0.05) is 12.1 Å². The fourth-order valence-electron chi connectivity index (χ4n) is 4.03. The van der Waals surface area contributed by atoms with Crippen LogP contribution in [0.25, 0.3) is 5.69 Å². The lowest BCUT2D eigenvalue weighted by atomic mass is 9.91. The van der Waals surface area contributed by atoms with E-state index in [0.717, 1.165) is 38.2 Å². The van der Waals surface area contributed by atoms with E-state index in [4.69, 9.17) is 5.26 Å². The Labute approximate surface area is 164 Å². The molecule has 1 saturated heterocycles. The molecule has 1 fully saturated rings. The lowest BCUT2D eigenvalue weighted by Crippen LogP contribution is -2.33. The summed E-state index contributed by atoms with van der Waals surface area (Å²) < 4.78 is 15.2. The molecule has 0 amide bonds. The van der Waals surface area contributed by atoms with Crippen molar-refractivity contribution < 1.29 is 4.39 Å². The minimum absolute atomic E-state index is 0.231. The number of aromatic nitrogens is 2. The Morgan fingerprint density at radius 1 is 1.07 bits per heavy atom. The van der Waals surface area contributed by atoms with Gasteiger partial charge in [-0.3, -0.25) is 4.90 Å². The van der Waals surface area contributed by atoms with Crippen LogP contribution < -0.4 is 0 Å². The maximum absolute atomic E-state index is 13.3. The third kappa shape index (κ3) is 3.83. The van der Waals surface area contributed by atoms with Gasteiger partial charge in [0.25, 0.3) is 0 Å². The number of rotatable bonds is 4. The molecule has 0 unspecified atom stereocenters. The van der Waals surface area contributed by atoms with Crippen LogP contribution in [-0.4, -0.2) is 27.8 Å². The van der Waals surface area contributed by atoms with E-state index in [1.165, 1.54) is 29.0 Å². The summed E-state index contributed by atoms with van der Waals surface area (Å²) in [5, 5.41) is 13.5. The zero-order chi connectivity index (χ0) is 19.5. The molecule has 0 radical (unpaired) electrons. The minimum atomic E-state index is -0.231. The van der Waals surface area contributed by atoms with E-state index in [-0.39, 0.29) is 5.82 Å². The molecule has 0 bridgehead atoms. The molecule has 4 rings (SSSR count). The van der Waals surface area contributed by atoms with E-state index in [1.807, 2.05) is 35.1 Å². The summed E-state index contributed by atoms with van der Waals surface area (Å²) in [4.78, 5) is 2.46. The first kappa shape index (κ1) is 18.4. The van der Waals surface area contributed by atoms with Crippen LogP contribution >= 0.6 is 0 Å². The summed E-state index contributed by atoms with van der Waals surface area (Å²) in [6, 6.07) is 16.5. The highest BCUT2D eigenvalue weighted by molar-refractivity contribution is 5.36. The standard InChI is InChI=1S/C23H23FN4/c1-17-15-26-28(22-8-6-21(24)7-9-22)23(17)20-10-12-27(13-11-20)16-19-4-2-18(14-25)3-5-19/h2-9,15,20H,10-13,16H2,1H3. The molecular formula is C23H23FN4. The van der Waals surface area contributed by atoms with Crippen molar-refractivity contribution in [3.05, 3.63) is 82.9 Å². The average Bonchev–Trinajstić information content (AvgIpc) is 3.11. The molecule has 1 aromatic heterocycles. The zero-order valence-corrected chi connectivity index (χ0v) is 16.0. The van der Waals surface area contributed by atoms with Gasteiger partial charge in [-0.2, -0.15) is 10.4 Å². The molecule has 5 heteroatoms. The molecule has 2 aromatic carbocycles. The van der Waals surface area contributed by atoms with Crippen LogP contribution in [0, 0.1) is 24.1 Å². The minimum Gasteiger partial charge on any atom is -0.299 e. The lowest BCUT2D eigenvalue weighted by molar-refractivity contribution is 0.202. The van der Waals surface area contributed by atoms with Crippen molar-refractivity contribution in [3.63, 3.8) is 0 Å². The third-order valence-corrected chi connectivity index (χ3v) is 5.53. The van der Waals surface area contributed by atoms with E-state index in [9.17, 15) is 4.39 Å². The fraction of sp³-hybridized carbons (Fsp3) is 0.304. The maximum atomic E-state index is 13.3. The smallest absolute Gasteiger partial charge is 0.123 e. The number of hydrogen-bond donors (Lipinski definition) is 0. The van der Waals surface area contributed by atoms with Gasteiger partial charge in [-0.05, 0) is 80.4 Å². The predicted molar refractivity (Wildman–Crippen MR) is 107 cm³/mol. The van der Waals surface area contributed by atoms with Crippen LogP contribution in [0.1, 0.15) is 41.1 Å². The van der Waals surface area contributed by atoms with Crippen LogP contribution in [0.5, 0.6) is 0 Å². The largest absolute Gasteiger partial charge is 0.299 e. The van der Waals surface area contributed by atoms with Gasteiger partial charge in [0.05, 0.1) is 29.2 Å². The van der Waals surface area contributed by atoms with Crippen molar-refractivity contribution >= 4 is 0 Å². The van der Waals surface area contributed by atoms with Crippen LogP contribution in [-0.2, 0) is 6.54 Å². The van der Waals surface area contributed by atoms with E-state index in [0.29, 0.717) is 11.5 Å². The highest BCUT2D eigenvalue weighted by Gasteiger charge is 2.25. The van der Waals surface area contributed by atoms with Crippen LogP contribution in [0.15, 0.2) is 54.7 Å². The van der Waals surface area contributed by atoms with Gasteiger partial charge in [0, 0.05) is 12.5 Å². The van der Waals surface area contributed by atoms with Crippen molar-refractivity contribution in [3.8, 4) is 11.8 Å². The highest BCUT2D eigenvalue weighted by Crippen LogP contribution is 2.32. The van der Waals surface area contributed by atoms with Gasteiger partial charge >= 0.3 is 0 Å². The molecular weight excluding hydrogens is 351 g/mol. The van der Waals surface area contributed by atoms with Crippen LogP contribution in [0.4, 0.5) is 4.39 Å². The second kappa shape index (κ2) is 7.95. The number of aryl methyl sites for hydroxylation is 1. The van der Waals surface area contributed by atoms with Crippen molar-refractivity contribution in [1.29, 1.82) is 5.26 Å². The number of piperidine rings is 1. The summed E-state index contributed by atoms with van der Waals surface area (Å²) in [7, 11) is 0. The Morgan fingerprint density at radius 2 is 1.75 bits per heavy atom. The topological polar surface area (TPSA) is 44.9 Å². The normalized spacial score (nSPS) is 15.5. The summed E-state index contributed by atoms with van der Waals surface area (Å²) in [6.45, 7) is 5.07. The number of likely N-dealkylation sites (tertiary alicyclic amines) is 1. The number of halogens is 1. The molecule has 0 N–H and O–H groups in total. The van der Waals surface area contributed by atoms with E-state index in [1.54, 1.807) is 12.1 Å². The van der Waals surface area contributed by atoms with E-state index < -0.39 is 0 Å². The maximum Gasteiger partial charge on any atom is 0.123 e. The van der Waals surface area contributed by atoms with E-state index >= 15 is 0 Å². The van der Waals surface area contributed by atoms with Gasteiger partial charge in [-0.15, -0.1) is 0 Å². The molecule has 142 valence electrons. The zero-order valence-electron chi connectivity index (χ0n) is 16.0. The lowest BCUT2D eigenvalue weighted by Gasteiger charge is -2.32. The molecule has 3 aromatic rings. The first-order valence-corrected chi connectivity index (χ1v) is 9.66. The average molecular weight is 374 g/mol. The molecule has 1 aliphatic heterocycles. The van der Waals surface area contributed by atoms with Crippen molar-refractivity contribution in [2.75, 3.05) is 13.1 Å². The molecule has 2 heterocycles. The Bertz CT molecular complexity index is 975. The molecule has 28 heavy (non-hydrogen) atoms. The molecule has 0 aliphatic carbocycles. The number of benzene rings is 2. The van der Waals surface area contributed by atoms with Crippen molar-refractivity contribution in [2.24, 2.45) is 0 Å². The first-order chi connectivity index (χ1) is 13.6. The summed E-state index contributed by atoms with van der Waals surface area (Å²) >= 11 is 0. The third-order valence-electron chi connectivity index (χ3n) is 5.53. The highest BCUT2D eigenvalue weighted by atomic mass is 19.1. The van der Waals surface area contributed by atoms with Gasteiger partial charge in [-0.25, -0.2) is 9.07 Å². The first-order valence-electron chi connectivity index (χ1n) is 9.66. The predicted octanol–water partition coefficient (Wildman–Crippen LogP) is 4.57. The van der Waals surface area contributed by atoms with Crippen LogP contribution in [0.3, 0.4) is 0 Å². The van der Waals surface area contributed by atoms with Crippen molar-refractivity contribution in [1.82, 2.24) is 14.7 Å². The van der Waals surface area contributed by atoms with Gasteiger partial charge in [0.1, 0.15) is 5.82 Å². The number of hydrogen-bond acceptors (Lipinski definition) is 3. The molecule has 1 aliphatic rings. The quantitative estimate of drug-likeness (QED) is 0.672. The van der Waals surface area contributed by atoms with Crippen LogP contribution in [0.2, 0.25) is 0 Å². The Balaban J connectivity index is 1.44. The van der Waals surface area contributed by atoms with Crippen molar-refractivity contribution in [2.45, 2.75) is 32.2 Å². The Kier molecular flexibility index (Phi) is 5.23. The SMILES string of the molecule is Cc1cnn(-c2ccc(F)cc2)c1C1CCN(Cc2ccc(C#N)cc2)CC1. The number of nitriles is 1. The Morgan fingerprint density at radius 3 is 2.39 bits per heavy atom. The van der Waals surface area contributed by atoms with E-state index in [2.05, 4.69) is 23.0 Å². The fourth-order valence-corrected chi connectivity index (χ4v) is 4.03. The Hall–Kier alpha value is -2.97. The van der Waals surface area contributed by atoms with Gasteiger partial charge in [0.2, 0.25) is 0 Å². The summed E-state index contributed by atoms with van der Waals surface area (Å²) in [5.41, 5.74) is 5.28. The molecule has 0 atom stereocenters. The molecule has 4 nitrogen and oxygen atoms in total. The molecule has 0 spiro atoms.